The average molecular weight is 377 g/mol. The predicted molar refractivity (Wildman–Crippen MR) is 92.9 cm³/mol. The molecule has 2 aromatic carbocycles. The molecule has 1 aliphatic heterocycles. The minimum Gasteiger partial charge on any atom is -0.459 e. The van der Waals surface area contributed by atoms with Gasteiger partial charge in [-0.05, 0) is 24.3 Å². The van der Waals surface area contributed by atoms with E-state index in [1.54, 1.807) is 60.7 Å². The van der Waals surface area contributed by atoms with Gasteiger partial charge in [-0.2, -0.15) is 0 Å². The van der Waals surface area contributed by atoms with Crippen LogP contribution in [0.4, 0.5) is 0 Å². The van der Waals surface area contributed by atoms with Gasteiger partial charge in [0.1, 0.15) is 18.8 Å². The second kappa shape index (κ2) is 8.31. The molecule has 1 aliphatic rings. The van der Waals surface area contributed by atoms with E-state index in [0.29, 0.717) is 11.1 Å². The molecule has 0 bridgehead atoms. The molecule has 0 spiro atoms. The van der Waals surface area contributed by atoms with E-state index in [2.05, 4.69) is 0 Å². The van der Waals surface area contributed by atoms with Crippen molar-refractivity contribution in [2.75, 3.05) is 6.61 Å². The summed E-state index contributed by atoms with van der Waals surface area (Å²) in [6.45, 7) is -0.208. The highest BCUT2D eigenvalue weighted by atomic mass is 35.5. The normalized spacial score (nSPS) is 24.8. The molecule has 4 atom stereocenters. The number of rotatable bonds is 5. The zero-order valence-electron chi connectivity index (χ0n) is 13.7. The second-order valence-electron chi connectivity index (χ2n) is 5.72. The van der Waals surface area contributed by atoms with Crippen molar-refractivity contribution in [2.24, 2.45) is 0 Å². The van der Waals surface area contributed by atoms with Gasteiger partial charge in [0.05, 0.1) is 11.1 Å². The minimum atomic E-state index is -1.23. The van der Waals surface area contributed by atoms with Gasteiger partial charge in [0.25, 0.3) is 0 Å². The molecule has 0 saturated carbocycles. The monoisotopic (exact) mass is 376 g/mol. The summed E-state index contributed by atoms with van der Waals surface area (Å²) in [4.78, 5) is 24.3. The number of ether oxygens (including phenoxy) is 3. The van der Waals surface area contributed by atoms with Crippen LogP contribution in [-0.2, 0) is 14.2 Å². The third kappa shape index (κ3) is 4.22. The number of carbonyl (C=O) groups is 2. The van der Waals surface area contributed by atoms with Crippen molar-refractivity contribution in [3.8, 4) is 0 Å². The predicted octanol–water partition coefficient (Wildman–Crippen LogP) is 2.39. The molecule has 0 amide bonds. The number of hydrogen-bond acceptors (Lipinski definition) is 6. The van der Waals surface area contributed by atoms with Crippen molar-refractivity contribution in [2.45, 2.75) is 23.9 Å². The van der Waals surface area contributed by atoms with Crippen LogP contribution in [0.1, 0.15) is 20.7 Å². The molecule has 0 aliphatic carbocycles. The highest BCUT2D eigenvalue weighted by molar-refractivity contribution is 6.20. The van der Waals surface area contributed by atoms with Crippen LogP contribution in [-0.4, -0.2) is 47.5 Å². The number of esters is 2. The maximum absolute atomic E-state index is 12.2. The fraction of sp³-hybridized carbons (Fsp3) is 0.263. The van der Waals surface area contributed by atoms with Crippen LogP contribution < -0.4 is 0 Å². The summed E-state index contributed by atoms with van der Waals surface area (Å²) in [7, 11) is 0. The van der Waals surface area contributed by atoms with Crippen molar-refractivity contribution in [1.29, 1.82) is 0 Å². The van der Waals surface area contributed by atoms with Gasteiger partial charge in [-0.1, -0.05) is 48.0 Å². The Kier molecular flexibility index (Phi) is 5.88. The van der Waals surface area contributed by atoms with Crippen molar-refractivity contribution in [1.82, 2.24) is 0 Å². The molecule has 0 unspecified atom stereocenters. The minimum absolute atomic E-state index is 0.208. The maximum Gasteiger partial charge on any atom is 0.338 e. The highest BCUT2D eigenvalue weighted by Gasteiger charge is 2.46. The largest absolute Gasteiger partial charge is 0.459 e. The lowest BCUT2D eigenvalue weighted by Crippen LogP contribution is -2.38. The molecule has 26 heavy (non-hydrogen) atoms. The Hall–Kier alpha value is -2.41. The zero-order chi connectivity index (χ0) is 18.5. The third-order valence-corrected chi connectivity index (χ3v) is 4.28. The van der Waals surface area contributed by atoms with E-state index in [0.717, 1.165) is 0 Å². The van der Waals surface area contributed by atoms with Gasteiger partial charge in [0.15, 0.2) is 11.7 Å². The van der Waals surface area contributed by atoms with Crippen LogP contribution in [0.15, 0.2) is 60.7 Å². The molecule has 1 N–H and O–H groups in total. The Morgan fingerprint density at radius 3 is 2.08 bits per heavy atom. The topological polar surface area (TPSA) is 82.1 Å². The molecule has 0 radical (unpaired) electrons. The van der Waals surface area contributed by atoms with Crippen LogP contribution in [0.2, 0.25) is 0 Å². The molecule has 1 fully saturated rings. The number of aliphatic hydroxyl groups is 1. The van der Waals surface area contributed by atoms with Gasteiger partial charge in [-0.3, -0.25) is 0 Å². The lowest BCUT2D eigenvalue weighted by molar-refractivity contribution is -0.0392. The third-order valence-electron chi connectivity index (χ3n) is 3.92. The number of alkyl halides is 1. The summed E-state index contributed by atoms with van der Waals surface area (Å²) in [5, 5.41) is 10.1. The number of carbonyl (C=O) groups excluding carboxylic acids is 2. The average Bonchev–Trinajstić information content (AvgIpc) is 2.95. The van der Waals surface area contributed by atoms with Gasteiger partial charge in [-0.15, -0.1) is 0 Å². The first-order valence-corrected chi connectivity index (χ1v) is 8.45. The summed E-state index contributed by atoms with van der Waals surface area (Å²) in [6, 6.07) is 16.8. The molecular weight excluding hydrogens is 360 g/mol. The van der Waals surface area contributed by atoms with E-state index in [1.807, 2.05) is 0 Å². The number of aliphatic hydroxyl groups excluding tert-OH is 1. The molecule has 136 valence electrons. The van der Waals surface area contributed by atoms with E-state index in [4.69, 9.17) is 25.8 Å². The first-order valence-electron chi connectivity index (χ1n) is 8.02. The SMILES string of the molecule is O=C(OC[C@H]1O[C@H](Cl)[C@H](O)[C@@H]1OC(=O)c1ccccc1)c1ccccc1. The smallest absolute Gasteiger partial charge is 0.338 e. The molecular formula is C19H17ClO6. The number of halogens is 1. The number of benzene rings is 2. The Labute approximate surface area is 155 Å². The first-order chi connectivity index (χ1) is 12.6. The lowest BCUT2D eigenvalue weighted by atomic mass is 10.1. The summed E-state index contributed by atoms with van der Waals surface area (Å²) in [6.07, 6.45) is -3.15. The molecule has 2 aromatic rings. The van der Waals surface area contributed by atoms with E-state index in [-0.39, 0.29) is 6.61 Å². The zero-order valence-corrected chi connectivity index (χ0v) is 14.4. The van der Waals surface area contributed by atoms with E-state index >= 15 is 0 Å². The number of hydrogen-bond donors (Lipinski definition) is 1. The van der Waals surface area contributed by atoms with Crippen LogP contribution in [0.3, 0.4) is 0 Å². The van der Waals surface area contributed by atoms with E-state index < -0.39 is 35.8 Å². The van der Waals surface area contributed by atoms with Crippen LogP contribution in [0, 0.1) is 0 Å². The lowest BCUT2D eigenvalue weighted by Gasteiger charge is -2.20. The Balaban J connectivity index is 1.63. The summed E-state index contributed by atoms with van der Waals surface area (Å²) < 4.78 is 15.9. The highest BCUT2D eigenvalue weighted by Crippen LogP contribution is 2.27. The van der Waals surface area contributed by atoms with Crippen molar-refractivity contribution < 1.29 is 28.9 Å². The van der Waals surface area contributed by atoms with Crippen molar-refractivity contribution in [3.63, 3.8) is 0 Å². The van der Waals surface area contributed by atoms with Gasteiger partial charge in [-0.25, -0.2) is 9.59 Å². The molecule has 1 saturated heterocycles. The van der Waals surface area contributed by atoms with Crippen LogP contribution in [0.25, 0.3) is 0 Å². The standard InChI is InChI=1S/C19H17ClO6/c20-17-15(21)16(26-19(23)13-9-5-2-6-10-13)14(25-17)11-24-18(22)12-7-3-1-4-8-12/h1-10,14-17,21H,11H2/t14-,15-,16-,17+/m1/s1. The quantitative estimate of drug-likeness (QED) is 0.637. The van der Waals surface area contributed by atoms with Gasteiger partial charge < -0.3 is 19.3 Å². The Morgan fingerprint density at radius 2 is 1.50 bits per heavy atom. The molecule has 7 heteroatoms. The summed E-state index contributed by atoms with van der Waals surface area (Å²) >= 11 is 5.91. The van der Waals surface area contributed by atoms with Gasteiger partial charge in [0.2, 0.25) is 0 Å². The fourth-order valence-corrected chi connectivity index (χ4v) is 2.83. The van der Waals surface area contributed by atoms with Gasteiger partial charge >= 0.3 is 11.9 Å². The molecule has 6 nitrogen and oxygen atoms in total. The van der Waals surface area contributed by atoms with Crippen molar-refractivity contribution >= 4 is 23.5 Å². The fourth-order valence-electron chi connectivity index (χ4n) is 2.55. The maximum atomic E-state index is 12.2. The summed E-state index contributed by atoms with van der Waals surface area (Å²) in [5.74, 6) is -1.17. The van der Waals surface area contributed by atoms with Crippen LogP contribution >= 0.6 is 11.6 Å². The second-order valence-corrected chi connectivity index (χ2v) is 6.15. The first kappa shape index (κ1) is 18.4. The summed E-state index contributed by atoms with van der Waals surface area (Å²) in [5.41, 5.74) is -0.354. The van der Waals surface area contributed by atoms with Crippen LogP contribution in [0.5, 0.6) is 0 Å². The molecule has 3 rings (SSSR count). The Morgan fingerprint density at radius 1 is 0.962 bits per heavy atom. The Bertz CT molecular complexity index is 751. The van der Waals surface area contributed by atoms with Gasteiger partial charge in [0, 0.05) is 0 Å². The van der Waals surface area contributed by atoms with Crippen molar-refractivity contribution in [3.05, 3.63) is 71.8 Å². The molecule has 0 aromatic heterocycles. The van der Waals surface area contributed by atoms with E-state index in [9.17, 15) is 14.7 Å². The van der Waals surface area contributed by atoms with E-state index in [1.165, 1.54) is 0 Å². The molecule has 1 heterocycles.